The third kappa shape index (κ3) is 3.69. The van der Waals surface area contributed by atoms with E-state index in [9.17, 15) is 4.79 Å². The van der Waals surface area contributed by atoms with Crippen molar-refractivity contribution in [2.75, 3.05) is 6.26 Å². The number of nitrogen functional groups attached to an aromatic ring is 1. The lowest BCUT2D eigenvalue weighted by molar-refractivity contribution is 0.0953. The minimum atomic E-state index is -0.388. The summed E-state index contributed by atoms with van der Waals surface area (Å²) < 4.78 is 5.59. The number of hydrogen-bond acceptors (Lipinski definition) is 6. The number of nitrogens with one attached hydrogen (secondary N) is 1. The largest absolute Gasteiger partial charge is 0.487 e. The zero-order valence-corrected chi connectivity index (χ0v) is 11.9. The molecular formula is C12H13N3O2S2. The van der Waals surface area contributed by atoms with Gasteiger partial charge in [0.2, 0.25) is 0 Å². The Hall–Kier alpha value is -1.57. The molecule has 5 nitrogen and oxygen atoms in total. The lowest BCUT2D eigenvalue weighted by Crippen LogP contribution is -2.29. The molecule has 0 radical (unpaired) electrons. The second-order valence-electron chi connectivity index (χ2n) is 3.58. The van der Waals surface area contributed by atoms with Crippen LogP contribution in [0, 0.1) is 0 Å². The highest BCUT2D eigenvalue weighted by atomic mass is 32.2. The summed E-state index contributed by atoms with van der Waals surface area (Å²) in [6, 6.07) is 7.81. The predicted octanol–water partition coefficient (Wildman–Crippen LogP) is 2.05. The number of thioether (sulfide) groups is 1. The van der Waals surface area contributed by atoms with E-state index in [0.717, 1.165) is 5.75 Å². The summed E-state index contributed by atoms with van der Waals surface area (Å²) in [6.07, 6.45) is 2.02. The third-order valence-electron chi connectivity index (χ3n) is 2.32. The molecule has 3 N–H and O–H groups in total. The Labute approximate surface area is 119 Å². The van der Waals surface area contributed by atoms with Gasteiger partial charge >= 0.3 is 0 Å². The number of hydrazine groups is 1. The first kappa shape index (κ1) is 13.9. The summed E-state index contributed by atoms with van der Waals surface area (Å²) in [5, 5.41) is 2.11. The molecule has 0 aliphatic rings. The molecule has 0 unspecified atom stereocenters. The van der Waals surface area contributed by atoms with E-state index in [1.807, 2.05) is 35.9 Å². The van der Waals surface area contributed by atoms with Crippen LogP contribution in [0.15, 0.2) is 34.5 Å². The highest BCUT2D eigenvalue weighted by Crippen LogP contribution is 2.20. The summed E-state index contributed by atoms with van der Waals surface area (Å²) >= 11 is 2.92. The maximum Gasteiger partial charge on any atom is 0.294 e. The molecule has 1 heterocycles. The lowest BCUT2D eigenvalue weighted by atomic mass is 10.3. The van der Waals surface area contributed by atoms with Crippen LogP contribution in [0.25, 0.3) is 0 Å². The molecule has 2 aromatic rings. The Kier molecular flexibility index (Phi) is 4.78. The fourth-order valence-electron chi connectivity index (χ4n) is 1.37. The van der Waals surface area contributed by atoms with Gasteiger partial charge in [0.1, 0.15) is 12.4 Å². The van der Waals surface area contributed by atoms with Crippen molar-refractivity contribution in [3.8, 4) is 5.75 Å². The lowest BCUT2D eigenvalue weighted by Gasteiger charge is -2.04. The van der Waals surface area contributed by atoms with Gasteiger partial charge in [0.25, 0.3) is 5.91 Å². The molecule has 1 aromatic carbocycles. The van der Waals surface area contributed by atoms with Gasteiger partial charge in [-0.3, -0.25) is 10.2 Å². The number of thiazole rings is 1. The molecule has 100 valence electrons. The van der Waals surface area contributed by atoms with E-state index in [-0.39, 0.29) is 5.91 Å². The minimum absolute atomic E-state index is 0.326. The van der Waals surface area contributed by atoms with Crippen molar-refractivity contribution in [2.24, 2.45) is 5.84 Å². The molecule has 2 rings (SSSR count). The molecule has 0 atom stereocenters. The van der Waals surface area contributed by atoms with Gasteiger partial charge in [0.15, 0.2) is 5.01 Å². The highest BCUT2D eigenvalue weighted by Gasteiger charge is 2.09. The number of nitrogens with zero attached hydrogens (tertiary/aromatic N) is 1. The van der Waals surface area contributed by atoms with Crippen LogP contribution in [-0.2, 0) is 6.61 Å². The van der Waals surface area contributed by atoms with Gasteiger partial charge < -0.3 is 4.74 Å². The Bertz CT molecular complexity index is 554. The second kappa shape index (κ2) is 6.55. The minimum Gasteiger partial charge on any atom is -0.487 e. The van der Waals surface area contributed by atoms with Crippen molar-refractivity contribution in [3.63, 3.8) is 0 Å². The smallest absolute Gasteiger partial charge is 0.294 e. The Balaban J connectivity index is 1.94. The van der Waals surface area contributed by atoms with Gasteiger partial charge in [-0.25, -0.2) is 10.8 Å². The van der Waals surface area contributed by atoms with E-state index in [1.165, 1.54) is 16.2 Å². The number of rotatable bonds is 5. The maximum absolute atomic E-state index is 11.2. The highest BCUT2D eigenvalue weighted by molar-refractivity contribution is 7.98. The fraction of sp³-hybridized carbons (Fsp3) is 0.167. The Morgan fingerprint density at radius 1 is 1.47 bits per heavy atom. The van der Waals surface area contributed by atoms with Crippen molar-refractivity contribution in [1.82, 2.24) is 10.4 Å². The number of amides is 1. The van der Waals surface area contributed by atoms with Crippen molar-refractivity contribution in [2.45, 2.75) is 11.5 Å². The Morgan fingerprint density at radius 3 is 2.84 bits per heavy atom. The monoisotopic (exact) mass is 295 g/mol. The SMILES string of the molecule is CSc1ccc(OCc2csc(C(=O)NN)n2)cc1. The van der Waals surface area contributed by atoms with Gasteiger partial charge in [-0.2, -0.15) is 0 Å². The number of aromatic nitrogens is 1. The summed E-state index contributed by atoms with van der Waals surface area (Å²) in [7, 11) is 0. The average Bonchev–Trinajstić information content (AvgIpc) is 2.93. The number of hydrogen-bond donors (Lipinski definition) is 2. The van der Waals surface area contributed by atoms with E-state index in [2.05, 4.69) is 4.98 Å². The number of ether oxygens (including phenoxy) is 1. The zero-order valence-electron chi connectivity index (χ0n) is 10.3. The summed E-state index contributed by atoms with van der Waals surface area (Å²) in [6.45, 7) is 0.326. The molecular weight excluding hydrogens is 282 g/mol. The fourth-order valence-corrected chi connectivity index (χ4v) is 2.48. The maximum atomic E-state index is 11.2. The average molecular weight is 295 g/mol. The first-order valence-electron chi connectivity index (χ1n) is 5.45. The van der Waals surface area contributed by atoms with E-state index in [1.54, 1.807) is 17.1 Å². The van der Waals surface area contributed by atoms with Crippen molar-refractivity contribution in [1.29, 1.82) is 0 Å². The van der Waals surface area contributed by atoms with E-state index in [4.69, 9.17) is 10.6 Å². The summed E-state index contributed by atoms with van der Waals surface area (Å²) in [5.41, 5.74) is 2.75. The van der Waals surface area contributed by atoms with Crippen LogP contribution in [0.5, 0.6) is 5.75 Å². The second-order valence-corrected chi connectivity index (χ2v) is 5.32. The first-order chi connectivity index (χ1) is 9.22. The number of carbonyl (C=O) groups excluding carboxylic acids is 1. The van der Waals surface area contributed by atoms with Gasteiger partial charge in [0.05, 0.1) is 5.69 Å². The van der Waals surface area contributed by atoms with Crippen LogP contribution < -0.4 is 16.0 Å². The summed E-state index contributed by atoms with van der Waals surface area (Å²) in [5.74, 6) is 5.42. The van der Waals surface area contributed by atoms with Crippen LogP contribution in [0.2, 0.25) is 0 Å². The van der Waals surface area contributed by atoms with Crippen LogP contribution in [-0.4, -0.2) is 17.1 Å². The van der Waals surface area contributed by atoms with Gasteiger partial charge in [-0.05, 0) is 30.5 Å². The predicted molar refractivity (Wildman–Crippen MR) is 76.3 cm³/mol. The molecule has 0 aliphatic carbocycles. The first-order valence-corrected chi connectivity index (χ1v) is 7.55. The molecule has 0 aliphatic heterocycles. The van der Waals surface area contributed by atoms with Crippen LogP contribution >= 0.6 is 23.1 Å². The van der Waals surface area contributed by atoms with Crippen LogP contribution in [0.1, 0.15) is 15.5 Å². The van der Waals surface area contributed by atoms with Crippen LogP contribution in [0.3, 0.4) is 0 Å². The van der Waals surface area contributed by atoms with Gasteiger partial charge in [-0.1, -0.05) is 0 Å². The molecule has 1 aromatic heterocycles. The normalized spacial score (nSPS) is 10.2. The third-order valence-corrected chi connectivity index (χ3v) is 3.96. The molecule has 7 heteroatoms. The number of carbonyl (C=O) groups is 1. The molecule has 0 saturated heterocycles. The molecule has 0 saturated carbocycles. The van der Waals surface area contributed by atoms with Crippen LogP contribution in [0.4, 0.5) is 0 Å². The van der Waals surface area contributed by atoms with Gasteiger partial charge in [0, 0.05) is 10.3 Å². The molecule has 19 heavy (non-hydrogen) atoms. The quantitative estimate of drug-likeness (QED) is 0.382. The van der Waals surface area contributed by atoms with Crippen molar-refractivity contribution >= 4 is 29.0 Å². The Morgan fingerprint density at radius 2 is 2.21 bits per heavy atom. The molecule has 0 bridgehead atoms. The van der Waals surface area contributed by atoms with E-state index < -0.39 is 0 Å². The molecule has 0 fully saturated rings. The standard InChI is InChI=1S/C12H13N3O2S2/c1-18-10-4-2-9(3-5-10)17-6-8-7-19-12(14-8)11(16)15-13/h2-5,7H,6,13H2,1H3,(H,15,16). The summed E-state index contributed by atoms with van der Waals surface area (Å²) in [4.78, 5) is 16.6. The number of benzene rings is 1. The zero-order chi connectivity index (χ0) is 13.7. The van der Waals surface area contributed by atoms with E-state index >= 15 is 0 Å². The molecule has 0 spiro atoms. The van der Waals surface area contributed by atoms with Gasteiger partial charge in [-0.15, -0.1) is 23.1 Å². The van der Waals surface area contributed by atoms with Crippen molar-refractivity contribution < 1.29 is 9.53 Å². The van der Waals surface area contributed by atoms with Crippen molar-refractivity contribution in [3.05, 3.63) is 40.3 Å². The molecule has 1 amide bonds. The topological polar surface area (TPSA) is 77.2 Å². The van der Waals surface area contributed by atoms with E-state index in [0.29, 0.717) is 17.3 Å². The number of nitrogens with two attached hydrogens (primary N) is 1.